The number of rotatable bonds is 5. The van der Waals surface area contributed by atoms with Crippen LogP contribution >= 0.6 is 0 Å². The number of nitrogens with zero attached hydrogens (tertiary/aromatic N) is 2. The molecule has 0 bridgehead atoms. The Morgan fingerprint density at radius 2 is 2.04 bits per heavy atom. The number of oxime groups is 1. The van der Waals surface area contributed by atoms with E-state index in [2.05, 4.69) is 10.5 Å². The number of hydrogen-bond acceptors (Lipinski definition) is 7. The van der Waals surface area contributed by atoms with Crippen molar-refractivity contribution in [2.45, 2.75) is 12.5 Å². The van der Waals surface area contributed by atoms with Crippen LogP contribution in [0.5, 0.6) is 17.2 Å². The Hall–Kier alpha value is -3.73. The topological polar surface area (TPSA) is 102 Å². The maximum atomic E-state index is 12.6. The molecule has 2 aromatic rings. The van der Waals surface area contributed by atoms with Gasteiger partial charge in [0, 0.05) is 23.7 Å². The number of carbonyl (C=O) groups excluding carboxylic acids is 1. The molecule has 1 atom stereocenters. The molecular weight excluding hydrogens is 362 g/mol. The summed E-state index contributed by atoms with van der Waals surface area (Å²) in [5.41, 5.74) is 1.88. The normalized spacial score (nSPS) is 17.1. The third kappa shape index (κ3) is 3.69. The Labute approximate surface area is 161 Å². The standard InChI is InChI=1S/C20H17N3O5/c21-7-8-25-16-4-2-1-3-14(16)15-12-19(28-23-15)20(24)22-13-5-6-17-18(11-13)27-10-9-26-17/h1-6,11,19H,8-10,12H2,(H,22,24). The molecule has 28 heavy (non-hydrogen) atoms. The summed E-state index contributed by atoms with van der Waals surface area (Å²) in [6.45, 7) is 0.911. The summed E-state index contributed by atoms with van der Waals surface area (Å²) >= 11 is 0. The molecular formula is C20H17N3O5. The van der Waals surface area contributed by atoms with E-state index in [1.807, 2.05) is 18.2 Å². The molecule has 0 aliphatic carbocycles. The lowest BCUT2D eigenvalue weighted by Gasteiger charge is -2.19. The summed E-state index contributed by atoms with van der Waals surface area (Å²) in [7, 11) is 0. The van der Waals surface area contributed by atoms with Gasteiger partial charge >= 0.3 is 0 Å². The highest BCUT2D eigenvalue weighted by molar-refractivity contribution is 6.07. The van der Waals surface area contributed by atoms with Crippen molar-refractivity contribution in [1.82, 2.24) is 0 Å². The number of nitriles is 1. The molecule has 1 N–H and O–H groups in total. The first kappa shape index (κ1) is 17.7. The number of benzene rings is 2. The first-order valence-corrected chi connectivity index (χ1v) is 8.77. The van der Waals surface area contributed by atoms with Gasteiger partial charge in [0.05, 0.1) is 5.71 Å². The van der Waals surface area contributed by atoms with Crippen LogP contribution in [-0.2, 0) is 9.63 Å². The van der Waals surface area contributed by atoms with E-state index in [-0.39, 0.29) is 12.5 Å². The number of nitrogens with one attached hydrogen (secondary N) is 1. The minimum absolute atomic E-state index is 0.0703. The lowest BCUT2D eigenvalue weighted by atomic mass is 10.0. The van der Waals surface area contributed by atoms with Crippen LogP contribution in [-0.4, -0.2) is 37.5 Å². The molecule has 142 valence electrons. The van der Waals surface area contributed by atoms with Gasteiger partial charge in [0.2, 0.25) is 6.10 Å². The lowest BCUT2D eigenvalue weighted by molar-refractivity contribution is -0.125. The largest absolute Gasteiger partial charge is 0.486 e. The van der Waals surface area contributed by atoms with Crippen LogP contribution in [0, 0.1) is 11.3 Å². The quantitative estimate of drug-likeness (QED) is 0.856. The van der Waals surface area contributed by atoms with E-state index in [9.17, 15) is 4.79 Å². The molecule has 0 spiro atoms. The number of anilines is 1. The summed E-state index contributed by atoms with van der Waals surface area (Å²) in [6.07, 6.45) is -0.462. The minimum atomic E-state index is -0.757. The number of ether oxygens (including phenoxy) is 3. The van der Waals surface area contributed by atoms with Crippen molar-refractivity contribution in [3.05, 3.63) is 48.0 Å². The predicted octanol–water partition coefficient (Wildman–Crippen LogP) is 2.49. The van der Waals surface area contributed by atoms with Gasteiger partial charge in [-0.15, -0.1) is 0 Å². The molecule has 4 rings (SSSR count). The first-order chi connectivity index (χ1) is 13.7. The Morgan fingerprint density at radius 1 is 1.21 bits per heavy atom. The van der Waals surface area contributed by atoms with Gasteiger partial charge in [0.1, 0.15) is 25.0 Å². The second kappa shape index (κ2) is 7.88. The SMILES string of the molecule is N#CCOc1ccccc1C1=NOC(C(=O)Nc2ccc3c(c2)OCCO3)C1. The van der Waals surface area contributed by atoms with E-state index in [1.54, 1.807) is 30.3 Å². The minimum Gasteiger partial charge on any atom is -0.486 e. The molecule has 8 nitrogen and oxygen atoms in total. The van der Waals surface area contributed by atoms with E-state index >= 15 is 0 Å². The fraction of sp³-hybridized carbons (Fsp3) is 0.250. The Kier molecular flexibility index (Phi) is 4.97. The van der Waals surface area contributed by atoms with Gasteiger partial charge in [-0.3, -0.25) is 4.79 Å². The number of carbonyl (C=O) groups is 1. The van der Waals surface area contributed by atoms with Crippen molar-refractivity contribution >= 4 is 17.3 Å². The highest BCUT2D eigenvalue weighted by atomic mass is 16.6. The van der Waals surface area contributed by atoms with Gasteiger partial charge in [0.25, 0.3) is 5.91 Å². The monoisotopic (exact) mass is 379 g/mol. The molecule has 1 unspecified atom stereocenters. The molecule has 0 saturated carbocycles. The second-order valence-corrected chi connectivity index (χ2v) is 6.13. The third-order valence-electron chi connectivity index (χ3n) is 4.26. The summed E-state index contributed by atoms with van der Waals surface area (Å²) in [4.78, 5) is 17.9. The van der Waals surface area contributed by atoms with Crippen LogP contribution in [0.4, 0.5) is 5.69 Å². The molecule has 2 heterocycles. The molecule has 0 fully saturated rings. The average Bonchev–Trinajstić information content (AvgIpc) is 3.22. The molecule has 0 aromatic heterocycles. The summed E-state index contributed by atoms with van der Waals surface area (Å²) in [6, 6.07) is 14.3. The molecule has 2 aromatic carbocycles. The Morgan fingerprint density at radius 3 is 2.89 bits per heavy atom. The first-order valence-electron chi connectivity index (χ1n) is 8.77. The number of hydrogen-bond donors (Lipinski definition) is 1. The molecule has 1 amide bonds. The lowest BCUT2D eigenvalue weighted by Crippen LogP contribution is -2.28. The van der Waals surface area contributed by atoms with Crippen LogP contribution in [0.25, 0.3) is 0 Å². The van der Waals surface area contributed by atoms with E-state index in [0.29, 0.717) is 53.8 Å². The van der Waals surface area contributed by atoms with E-state index in [1.165, 1.54) is 0 Å². The Bertz CT molecular complexity index is 967. The van der Waals surface area contributed by atoms with Crippen molar-refractivity contribution in [3.8, 4) is 23.3 Å². The van der Waals surface area contributed by atoms with Gasteiger partial charge in [0.15, 0.2) is 18.1 Å². The highest BCUT2D eigenvalue weighted by Gasteiger charge is 2.30. The van der Waals surface area contributed by atoms with Crippen molar-refractivity contribution < 1.29 is 23.8 Å². The van der Waals surface area contributed by atoms with Crippen LogP contribution in [0.3, 0.4) is 0 Å². The summed E-state index contributed by atoms with van der Waals surface area (Å²) in [5, 5.41) is 15.6. The zero-order valence-electron chi connectivity index (χ0n) is 14.9. The van der Waals surface area contributed by atoms with Crippen LogP contribution in [0.1, 0.15) is 12.0 Å². The zero-order chi connectivity index (χ0) is 19.3. The van der Waals surface area contributed by atoms with E-state index in [4.69, 9.17) is 24.3 Å². The second-order valence-electron chi connectivity index (χ2n) is 6.13. The summed E-state index contributed by atoms with van der Waals surface area (Å²) < 4.78 is 16.4. The molecule has 0 radical (unpaired) electrons. The fourth-order valence-electron chi connectivity index (χ4n) is 2.96. The van der Waals surface area contributed by atoms with Gasteiger partial charge in [-0.2, -0.15) is 5.26 Å². The molecule has 2 aliphatic rings. The molecule has 8 heteroatoms. The third-order valence-corrected chi connectivity index (χ3v) is 4.26. The van der Waals surface area contributed by atoms with Crippen molar-refractivity contribution in [2.75, 3.05) is 25.1 Å². The number of amides is 1. The van der Waals surface area contributed by atoms with Gasteiger partial charge in [-0.05, 0) is 24.3 Å². The van der Waals surface area contributed by atoms with Crippen molar-refractivity contribution in [2.24, 2.45) is 5.16 Å². The van der Waals surface area contributed by atoms with Gasteiger partial charge in [-0.1, -0.05) is 17.3 Å². The summed E-state index contributed by atoms with van der Waals surface area (Å²) in [5.74, 6) is 1.46. The Balaban J connectivity index is 1.41. The van der Waals surface area contributed by atoms with Gasteiger partial charge in [-0.25, -0.2) is 0 Å². The highest BCUT2D eigenvalue weighted by Crippen LogP contribution is 2.33. The zero-order valence-corrected chi connectivity index (χ0v) is 14.9. The van der Waals surface area contributed by atoms with Crippen molar-refractivity contribution in [1.29, 1.82) is 5.26 Å². The maximum absolute atomic E-state index is 12.6. The van der Waals surface area contributed by atoms with Crippen LogP contribution < -0.4 is 19.5 Å². The average molecular weight is 379 g/mol. The number of fused-ring (bicyclic) bond motifs is 1. The van der Waals surface area contributed by atoms with E-state index < -0.39 is 6.10 Å². The predicted molar refractivity (Wildman–Crippen MR) is 99.6 cm³/mol. The van der Waals surface area contributed by atoms with Crippen LogP contribution in [0.2, 0.25) is 0 Å². The molecule has 0 saturated heterocycles. The van der Waals surface area contributed by atoms with Crippen LogP contribution in [0.15, 0.2) is 47.6 Å². The van der Waals surface area contributed by atoms with Crippen molar-refractivity contribution in [3.63, 3.8) is 0 Å². The van der Waals surface area contributed by atoms with E-state index in [0.717, 1.165) is 0 Å². The fourth-order valence-corrected chi connectivity index (χ4v) is 2.96. The molecule has 2 aliphatic heterocycles. The number of para-hydroxylation sites is 1. The smallest absolute Gasteiger partial charge is 0.268 e. The van der Waals surface area contributed by atoms with Gasteiger partial charge < -0.3 is 24.4 Å². The maximum Gasteiger partial charge on any atom is 0.268 e.